The highest BCUT2D eigenvalue weighted by Gasteiger charge is 2.34. The normalized spacial score (nSPS) is 12.9. The minimum absolute atomic E-state index is 0.906. The van der Waals surface area contributed by atoms with Gasteiger partial charge in [0.1, 0.15) is 22.3 Å². The van der Waals surface area contributed by atoms with E-state index in [0.29, 0.717) is 0 Å². The van der Waals surface area contributed by atoms with Crippen LogP contribution in [-0.2, 0) is 0 Å². The lowest BCUT2D eigenvalue weighted by atomic mass is 9.92. The highest BCUT2D eigenvalue weighted by Crippen LogP contribution is 2.60. The van der Waals surface area contributed by atoms with Gasteiger partial charge in [-0.3, -0.25) is 0 Å². The first kappa shape index (κ1) is 28.2. The molecule has 0 bridgehead atoms. The van der Waals surface area contributed by atoms with E-state index in [0.717, 1.165) is 66.1 Å². The number of benzene rings is 8. The van der Waals surface area contributed by atoms with E-state index >= 15 is 0 Å². The number of para-hydroxylation sites is 5. The van der Waals surface area contributed by atoms with Gasteiger partial charge in [-0.2, -0.15) is 0 Å². The van der Waals surface area contributed by atoms with Gasteiger partial charge in [-0.1, -0.05) is 133 Å². The molecule has 242 valence electrons. The van der Waals surface area contributed by atoms with Gasteiger partial charge in [0.25, 0.3) is 0 Å². The van der Waals surface area contributed by atoms with E-state index < -0.39 is 0 Å². The Morgan fingerprint density at radius 3 is 1.62 bits per heavy atom. The van der Waals surface area contributed by atoms with Crippen LogP contribution in [0.4, 0.5) is 17.1 Å². The largest absolute Gasteiger partial charge is 0.455 e. The minimum Gasteiger partial charge on any atom is -0.455 e. The smallest absolute Gasteiger partial charge is 0.143 e. The van der Waals surface area contributed by atoms with Crippen molar-refractivity contribution >= 4 is 72.7 Å². The SMILES string of the molecule is c1ccc2c(c1)-c1ccccc1N1c3ccc(-c4cccc5c4oc4ccccc45)cc3Sc3cc(-c4cccc5c4oc4ccccc45)cc-2c31. The van der Waals surface area contributed by atoms with E-state index in [1.807, 2.05) is 23.9 Å². The molecule has 0 spiro atoms. The Kier molecular flexibility index (Phi) is 5.71. The monoisotopic (exact) mass is 681 g/mol. The Hall–Kier alpha value is -6.49. The van der Waals surface area contributed by atoms with Gasteiger partial charge >= 0.3 is 0 Å². The first-order chi connectivity index (χ1) is 25.8. The first-order valence-electron chi connectivity index (χ1n) is 17.6. The predicted octanol–water partition coefficient (Wildman–Crippen LogP) is 14.4. The molecule has 0 radical (unpaired) electrons. The Labute approximate surface area is 303 Å². The Morgan fingerprint density at radius 1 is 0.365 bits per heavy atom. The van der Waals surface area contributed by atoms with Crippen LogP contribution in [0, 0.1) is 0 Å². The maximum Gasteiger partial charge on any atom is 0.143 e. The van der Waals surface area contributed by atoms with E-state index in [-0.39, 0.29) is 0 Å². The van der Waals surface area contributed by atoms with Crippen molar-refractivity contribution in [3.63, 3.8) is 0 Å². The molecule has 2 aliphatic rings. The molecule has 0 aliphatic carbocycles. The fraction of sp³-hybridized carbons (Fsp3) is 0. The number of furan rings is 2. The summed E-state index contributed by atoms with van der Waals surface area (Å²) in [7, 11) is 0. The van der Waals surface area contributed by atoms with Crippen LogP contribution >= 0.6 is 11.8 Å². The number of hydrogen-bond acceptors (Lipinski definition) is 4. The van der Waals surface area contributed by atoms with Crippen LogP contribution in [-0.4, -0.2) is 0 Å². The van der Waals surface area contributed by atoms with Crippen LogP contribution in [0.3, 0.4) is 0 Å². The van der Waals surface area contributed by atoms with Gasteiger partial charge < -0.3 is 13.7 Å². The standard InChI is InChI=1S/C48H27NO2S/c1-2-12-33-32(11-1)34-13-3-6-20-40(34)49-41-24-23-28(30-16-9-18-37-35-14-4-7-21-42(35)50-47(30)37)26-44(41)52-45-27-29(25-39(33)46(45)49)31-17-10-19-38-36-15-5-8-22-43(36)51-48(31)38/h1-27H. The van der Waals surface area contributed by atoms with Gasteiger partial charge in [-0.25, -0.2) is 0 Å². The van der Waals surface area contributed by atoms with Crippen molar-refractivity contribution in [3.05, 3.63) is 164 Å². The highest BCUT2D eigenvalue weighted by molar-refractivity contribution is 7.99. The molecule has 10 aromatic rings. The third kappa shape index (κ3) is 3.87. The van der Waals surface area contributed by atoms with Crippen LogP contribution in [0.1, 0.15) is 0 Å². The van der Waals surface area contributed by atoms with Crippen molar-refractivity contribution in [2.24, 2.45) is 0 Å². The Bertz CT molecular complexity index is 3130. The topological polar surface area (TPSA) is 29.5 Å². The molecule has 2 aromatic heterocycles. The van der Waals surface area contributed by atoms with E-state index in [1.165, 1.54) is 49.1 Å². The third-order valence-electron chi connectivity index (χ3n) is 10.8. The molecule has 4 heteroatoms. The number of anilines is 3. The van der Waals surface area contributed by atoms with Gasteiger partial charge in [0.05, 0.1) is 17.1 Å². The Balaban J connectivity index is 1.13. The second-order valence-corrected chi connectivity index (χ2v) is 14.7. The molecule has 2 aliphatic heterocycles. The summed E-state index contributed by atoms with van der Waals surface area (Å²) in [6.45, 7) is 0. The van der Waals surface area contributed by atoms with Crippen molar-refractivity contribution in [2.75, 3.05) is 4.90 Å². The quantitative estimate of drug-likeness (QED) is 0.182. The number of nitrogens with zero attached hydrogens (tertiary/aromatic N) is 1. The molecule has 0 saturated carbocycles. The zero-order valence-corrected chi connectivity index (χ0v) is 28.6. The molecule has 52 heavy (non-hydrogen) atoms. The maximum absolute atomic E-state index is 6.59. The van der Waals surface area contributed by atoms with Crippen molar-refractivity contribution in [1.82, 2.24) is 0 Å². The summed E-state index contributed by atoms with van der Waals surface area (Å²) in [6.07, 6.45) is 0. The summed E-state index contributed by atoms with van der Waals surface area (Å²) >= 11 is 1.84. The Morgan fingerprint density at radius 2 is 0.904 bits per heavy atom. The van der Waals surface area contributed by atoms with E-state index in [4.69, 9.17) is 8.83 Å². The molecule has 0 unspecified atom stereocenters. The molecule has 4 heterocycles. The van der Waals surface area contributed by atoms with Crippen molar-refractivity contribution in [1.29, 1.82) is 0 Å². The summed E-state index contributed by atoms with van der Waals surface area (Å²) in [6, 6.07) is 58.9. The number of fused-ring (bicyclic) bond motifs is 13. The van der Waals surface area contributed by atoms with Gasteiger partial charge in [-0.05, 0) is 64.7 Å². The summed E-state index contributed by atoms with van der Waals surface area (Å²) in [4.78, 5) is 4.89. The van der Waals surface area contributed by atoms with E-state index in [1.54, 1.807) is 0 Å². The summed E-state index contributed by atoms with van der Waals surface area (Å²) in [5.74, 6) is 0. The maximum atomic E-state index is 6.59. The number of hydrogen-bond donors (Lipinski definition) is 0. The summed E-state index contributed by atoms with van der Waals surface area (Å²) in [5, 5.41) is 4.55. The average molecular weight is 682 g/mol. The zero-order valence-electron chi connectivity index (χ0n) is 27.8. The molecule has 0 fully saturated rings. The van der Waals surface area contributed by atoms with Gasteiger partial charge in [0.15, 0.2) is 0 Å². The van der Waals surface area contributed by atoms with Gasteiger partial charge in [0.2, 0.25) is 0 Å². The van der Waals surface area contributed by atoms with E-state index in [9.17, 15) is 0 Å². The summed E-state index contributed by atoms with van der Waals surface area (Å²) < 4.78 is 13.1. The van der Waals surface area contributed by atoms with Crippen LogP contribution in [0.15, 0.2) is 182 Å². The molecule has 0 amide bonds. The second-order valence-electron chi connectivity index (χ2n) is 13.6. The molecule has 12 rings (SSSR count). The molecule has 0 atom stereocenters. The molecule has 8 aromatic carbocycles. The van der Waals surface area contributed by atoms with Crippen LogP contribution < -0.4 is 4.90 Å². The molecule has 0 saturated heterocycles. The summed E-state index contributed by atoms with van der Waals surface area (Å²) in [5.41, 5.74) is 16.6. The minimum atomic E-state index is 0.906. The lowest BCUT2D eigenvalue weighted by molar-refractivity contribution is 0.669. The molecular weight excluding hydrogens is 655 g/mol. The third-order valence-corrected chi connectivity index (χ3v) is 11.9. The molecule has 0 N–H and O–H groups in total. The van der Waals surface area contributed by atoms with Gasteiger partial charge in [0, 0.05) is 53.6 Å². The predicted molar refractivity (Wildman–Crippen MR) is 215 cm³/mol. The van der Waals surface area contributed by atoms with Crippen molar-refractivity contribution in [3.8, 4) is 44.5 Å². The second kappa shape index (κ2) is 10.5. The fourth-order valence-corrected chi connectivity index (χ4v) is 9.68. The zero-order chi connectivity index (χ0) is 33.9. The van der Waals surface area contributed by atoms with Gasteiger partial charge in [-0.15, -0.1) is 0 Å². The van der Waals surface area contributed by atoms with Crippen LogP contribution in [0.2, 0.25) is 0 Å². The van der Waals surface area contributed by atoms with Crippen molar-refractivity contribution in [2.45, 2.75) is 9.79 Å². The fourth-order valence-electron chi connectivity index (χ4n) is 8.51. The van der Waals surface area contributed by atoms with Crippen LogP contribution in [0.5, 0.6) is 0 Å². The first-order valence-corrected chi connectivity index (χ1v) is 18.4. The molecule has 3 nitrogen and oxygen atoms in total. The molecular formula is C48H27NO2S. The van der Waals surface area contributed by atoms with Crippen LogP contribution in [0.25, 0.3) is 88.4 Å². The lowest BCUT2D eigenvalue weighted by Crippen LogP contribution is -2.16. The highest BCUT2D eigenvalue weighted by atomic mass is 32.2. The number of rotatable bonds is 2. The lowest BCUT2D eigenvalue weighted by Gasteiger charge is -2.35. The average Bonchev–Trinajstić information content (AvgIpc) is 3.75. The van der Waals surface area contributed by atoms with E-state index in [2.05, 4.69) is 157 Å². The van der Waals surface area contributed by atoms with Crippen molar-refractivity contribution < 1.29 is 8.83 Å².